The van der Waals surface area contributed by atoms with Crippen molar-refractivity contribution >= 4 is 11.3 Å². The van der Waals surface area contributed by atoms with E-state index in [-0.39, 0.29) is 0 Å². The molecular formula is C5H8N2OS. The number of aliphatic hydroxyl groups is 1. The molecule has 0 atom stereocenters. The van der Waals surface area contributed by atoms with Crippen LogP contribution in [-0.2, 0) is 5.60 Å². The third-order valence-corrected chi connectivity index (χ3v) is 1.89. The molecule has 1 aromatic heterocycles. The van der Waals surface area contributed by atoms with E-state index in [2.05, 4.69) is 10.2 Å². The third kappa shape index (κ3) is 1.46. The van der Waals surface area contributed by atoms with Crippen LogP contribution in [-0.4, -0.2) is 15.3 Å². The van der Waals surface area contributed by atoms with E-state index < -0.39 is 5.60 Å². The maximum Gasteiger partial charge on any atom is 0.148 e. The van der Waals surface area contributed by atoms with Crippen LogP contribution in [0.1, 0.15) is 18.9 Å². The fraction of sp³-hybridized carbons (Fsp3) is 0.600. The molecule has 50 valence electrons. The molecule has 0 spiro atoms. The Balaban J connectivity index is 2.90. The Bertz CT molecular complexity index is 177. The van der Waals surface area contributed by atoms with Crippen LogP contribution >= 0.6 is 11.3 Å². The first-order valence-electron chi connectivity index (χ1n) is 2.60. The minimum absolute atomic E-state index is 0.655. The molecule has 0 fully saturated rings. The highest BCUT2D eigenvalue weighted by molar-refractivity contribution is 7.09. The van der Waals surface area contributed by atoms with Crippen LogP contribution in [0.15, 0.2) is 5.51 Å². The zero-order valence-electron chi connectivity index (χ0n) is 5.33. The van der Waals surface area contributed by atoms with Gasteiger partial charge in [-0.15, -0.1) is 21.5 Å². The highest BCUT2D eigenvalue weighted by atomic mass is 32.1. The maximum absolute atomic E-state index is 9.29. The number of aromatic nitrogens is 2. The molecule has 1 N–H and O–H groups in total. The molecule has 0 aliphatic rings. The lowest BCUT2D eigenvalue weighted by atomic mass is 10.2. The molecule has 0 saturated carbocycles. The lowest BCUT2D eigenvalue weighted by Gasteiger charge is -2.10. The second-order valence-corrected chi connectivity index (χ2v) is 3.14. The second-order valence-electron chi connectivity index (χ2n) is 2.30. The Morgan fingerprint density at radius 2 is 2.33 bits per heavy atom. The van der Waals surface area contributed by atoms with Crippen LogP contribution < -0.4 is 0 Å². The number of hydrogen-bond acceptors (Lipinski definition) is 4. The molecule has 0 bridgehead atoms. The third-order valence-electron chi connectivity index (χ3n) is 0.883. The first-order chi connectivity index (χ1) is 4.11. The molecular weight excluding hydrogens is 136 g/mol. The number of nitrogens with zero attached hydrogens (tertiary/aromatic N) is 2. The molecule has 0 aliphatic carbocycles. The van der Waals surface area contributed by atoms with Crippen molar-refractivity contribution in [2.45, 2.75) is 19.4 Å². The van der Waals surface area contributed by atoms with Crippen LogP contribution in [0.4, 0.5) is 0 Å². The van der Waals surface area contributed by atoms with Gasteiger partial charge in [-0.1, -0.05) is 0 Å². The monoisotopic (exact) mass is 144 g/mol. The lowest BCUT2D eigenvalue weighted by Crippen LogP contribution is -2.14. The zero-order chi connectivity index (χ0) is 6.91. The summed E-state index contributed by atoms with van der Waals surface area (Å²) in [6.45, 7) is 3.38. The van der Waals surface area contributed by atoms with E-state index in [0.29, 0.717) is 5.01 Å². The summed E-state index contributed by atoms with van der Waals surface area (Å²) in [7, 11) is 0. The average Bonchev–Trinajstić information content (AvgIpc) is 2.08. The van der Waals surface area contributed by atoms with Crippen molar-refractivity contribution < 1.29 is 5.11 Å². The smallest absolute Gasteiger partial charge is 0.148 e. The lowest BCUT2D eigenvalue weighted by molar-refractivity contribution is 0.0775. The minimum atomic E-state index is -0.832. The summed E-state index contributed by atoms with van der Waals surface area (Å²) in [5.74, 6) is 0. The first-order valence-corrected chi connectivity index (χ1v) is 3.47. The van der Waals surface area contributed by atoms with E-state index in [0.717, 1.165) is 0 Å². The van der Waals surface area contributed by atoms with Crippen LogP contribution in [0.25, 0.3) is 0 Å². The van der Waals surface area contributed by atoms with Gasteiger partial charge in [0, 0.05) is 0 Å². The molecule has 0 radical (unpaired) electrons. The topological polar surface area (TPSA) is 46.0 Å². The summed E-state index contributed by atoms with van der Waals surface area (Å²) >= 11 is 1.36. The summed E-state index contributed by atoms with van der Waals surface area (Å²) in [6.07, 6.45) is 0. The van der Waals surface area contributed by atoms with Crippen molar-refractivity contribution in [1.29, 1.82) is 0 Å². The van der Waals surface area contributed by atoms with E-state index in [1.54, 1.807) is 19.4 Å². The largest absolute Gasteiger partial charge is 0.383 e. The van der Waals surface area contributed by atoms with Crippen LogP contribution in [0.5, 0.6) is 0 Å². The fourth-order valence-corrected chi connectivity index (χ4v) is 1.02. The second kappa shape index (κ2) is 2.04. The molecule has 1 heterocycles. The van der Waals surface area contributed by atoms with Crippen molar-refractivity contribution in [2.24, 2.45) is 0 Å². The van der Waals surface area contributed by atoms with Crippen molar-refractivity contribution in [1.82, 2.24) is 10.2 Å². The zero-order valence-corrected chi connectivity index (χ0v) is 6.14. The Kier molecular flexibility index (Phi) is 1.50. The highest BCUT2D eigenvalue weighted by Crippen LogP contribution is 2.19. The van der Waals surface area contributed by atoms with Gasteiger partial charge >= 0.3 is 0 Å². The summed E-state index contributed by atoms with van der Waals surface area (Å²) in [5, 5.41) is 17.2. The van der Waals surface area contributed by atoms with Gasteiger partial charge in [0.1, 0.15) is 16.1 Å². The summed E-state index contributed by atoms with van der Waals surface area (Å²) in [6, 6.07) is 0. The van der Waals surface area contributed by atoms with Crippen LogP contribution in [0, 0.1) is 0 Å². The normalized spacial score (nSPS) is 11.9. The SMILES string of the molecule is CC(C)(O)c1nncs1. The van der Waals surface area contributed by atoms with Gasteiger partial charge in [0.05, 0.1) is 0 Å². The van der Waals surface area contributed by atoms with E-state index in [1.807, 2.05) is 0 Å². The molecule has 0 aliphatic heterocycles. The predicted molar refractivity (Wildman–Crippen MR) is 35.2 cm³/mol. The van der Waals surface area contributed by atoms with Gasteiger partial charge in [0.25, 0.3) is 0 Å². The summed E-state index contributed by atoms with van der Waals surface area (Å²) in [4.78, 5) is 0. The Hall–Kier alpha value is -0.480. The molecule has 0 unspecified atom stereocenters. The van der Waals surface area contributed by atoms with Gasteiger partial charge in [0.2, 0.25) is 0 Å². The molecule has 1 rings (SSSR count). The van der Waals surface area contributed by atoms with Crippen molar-refractivity contribution in [2.75, 3.05) is 0 Å². The molecule has 0 aromatic carbocycles. The van der Waals surface area contributed by atoms with Gasteiger partial charge in [-0.3, -0.25) is 0 Å². The van der Waals surface area contributed by atoms with Crippen molar-refractivity contribution in [3.05, 3.63) is 10.5 Å². The standard InChI is InChI=1S/C5H8N2OS/c1-5(2,8)4-7-6-3-9-4/h3,8H,1-2H3. The maximum atomic E-state index is 9.29. The molecule has 3 nitrogen and oxygen atoms in total. The Labute approximate surface area is 57.4 Å². The quantitative estimate of drug-likeness (QED) is 0.633. The Morgan fingerprint density at radius 3 is 2.56 bits per heavy atom. The van der Waals surface area contributed by atoms with Crippen LogP contribution in [0.3, 0.4) is 0 Å². The van der Waals surface area contributed by atoms with Gasteiger partial charge in [-0.05, 0) is 13.8 Å². The minimum Gasteiger partial charge on any atom is -0.383 e. The molecule has 9 heavy (non-hydrogen) atoms. The fourth-order valence-electron chi connectivity index (χ4n) is 0.440. The molecule has 4 heteroatoms. The highest BCUT2D eigenvalue weighted by Gasteiger charge is 2.18. The van der Waals surface area contributed by atoms with E-state index >= 15 is 0 Å². The van der Waals surface area contributed by atoms with Gasteiger partial charge < -0.3 is 5.11 Å². The van der Waals surface area contributed by atoms with Crippen LogP contribution in [0.2, 0.25) is 0 Å². The molecule has 0 saturated heterocycles. The number of hydrogen-bond donors (Lipinski definition) is 1. The van der Waals surface area contributed by atoms with Crippen molar-refractivity contribution in [3.63, 3.8) is 0 Å². The van der Waals surface area contributed by atoms with E-state index in [1.165, 1.54) is 11.3 Å². The molecule has 0 amide bonds. The van der Waals surface area contributed by atoms with Gasteiger partial charge in [-0.25, -0.2) is 0 Å². The number of rotatable bonds is 1. The Morgan fingerprint density at radius 1 is 1.67 bits per heavy atom. The summed E-state index contributed by atoms with van der Waals surface area (Å²) in [5.41, 5.74) is 0.772. The van der Waals surface area contributed by atoms with Gasteiger partial charge in [0.15, 0.2) is 0 Å². The van der Waals surface area contributed by atoms with Crippen molar-refractivity contribution in [3.8, 4) is 0 Å². The average molecular weight is 144 g/mol. The predicted octanol–water partition coefficient (Wildman–Crippen LogP) is 0.766. The molecule has 1 aromatic rings. The summed E-state index contributed by atoms with van der Waals surface area (Å²) < 4.78 is 0. The first kappa shape index (κ1) is 6.64. The van der Waals surface area contributed by atoms with E-state index in [4.69, 9.17) is 0 Å². The van der Waals surface area contributed by atoms with E-state index in [9.17, 15) is 5.11 Å². The van der Waals surface area contributed by atoms with Gasteiger partial charge in [-0.2, -0.15) is 0 Å².